The molecule has 1 saturated heterocycles. The molecule has 0 spiro atoms. The number of carbonyl (C=O) groups excluding carboxylic acids is 1. The lowest BCUT2D eigenvalue weighted by Gasteiger charge is -2.34. The van der Waals surface area contributed by atoms with E-state index in [1.165, 1.54) is 11.1 Å². The summed E-state index contributed by atoms with van der Waals surface area (Å²) in [6.07, 6.45) is 4.41. The summed E-state index contributed by atoms with van der Waals surface area (Å²) in [5.74, 6) is 0.226. The van der Waals surface area contributed by atoms with Gasteiger partial charge in [0, 0.05) is 45.8 Å². The second-order valence-corrected chi connectivity index (χ2v) is 7.28. The molecule has 28 heavy (non-hydrogen) atoms. The topological polar surface area (TPSA) is 26.8 Å². The molecule has 4 heteroatoms. The van der Waals surface area contributed by atoms with Crippen LogP contribution in [0.3, 0.4) is 0 Å². The summed E-state index contributed by atoms with van der Waals surface area (Å²) in [6.45, 7) is 8.91. The van der Waals surface area contributed by atoms with Gasteiger partial charge in [0.25, 0.3) is 0 Å². The maximum absolute atomic E-state index is 12.7. The van der Waals surface area contributed by atoms with Crippen molar-refractivity contribution in [2.45, 2.75) is 13.5 Å². The van der Waals surface area contributed by atoms with Crippen LogP contribution < -0.4 is 0 Å². The van der Waals surface area contributed by atoms with E-state index in [-0.39, 0.29) is 5.91 Å². The Balaban J connectivity index is 1.40. The van der Waals surface area contributed by atoms with Gasteiger partial charge in [-0.3, -0.25) is 14.6 Å². The van der Waals surface area contributed by atoms with E-state index >= 15 is 0 Å². The first-order valence-electron chi connectivity index (χ1n) is 10.2. The van der Waals surface area contributed by atoms with Gasteiger partial charge in [-0.2, -0.15) is 0 Å². The minimum atomic E-state index is 0.226. The first-order valence-corrected chi connectivity index (χ1v) is 10.2. The van der Waals surface area contributed by atoms with Crippen molar-refractivity contribution < 1.29 is 4.79 Å². The smallest absolute Gasteiger partial charge is 0.237 e. The molecule has 0 aromatic heterocycles. The fourth-order valence-corrected chi connectivity index (χ4v) is 3.50. The molecule has 0 aliphatic carbocycles. The van der Waals surface area contributed by atoms with Crippen LogP contribution in [0, 0.1) is 0 Å². The Labute approximate surface area is 169 Å². The van der Waals surface area contributed by atoms with Crippen molar-refractivity contribution >= 4 is 12.0 Å². The van der Waals surface area contributed by atoms with E-state index in [4.69, 9.17) is 0 Å². The number of benzene rings is 2. The summed E-state index contributed by atoms with van der Waals surface area (Å²) in [5, 5.41) is 0. The lowest BCUT2D eigenvalue weighted by molar-refractivity contribution is -0.133. The Kier molecular flexibility index (Phi) is 7.82. The van der Waals surface area contributed by atoms with Crippen molar-refractivity contribution in [3.63, 3.8) is 0 Å². The Morgan fingerprint density at radius 2 is 1.54 bits per heavy atom. The zero-order valence-corrected chi connectivity index (χ0v) is 16.8. The number of hydrogen-bond donors (Lipinski definition) is 0. The van der Waals surface area contributed by atoms with Crippen LogP contribution in [-0.4, -0.2) is 66.4 Å². The van der Waals surface area contributed by atoms with Crippen molar-refractivity contribution in [2.24, 2.45) is 0 Å². The Bertz CT molecular complexity index is 737. The molecule has 3 rings (SSSR count). The molecular formula is C24H31N3O. The van der Waals surface area contributed by atoms with Gasteiger partial charge >= 0.3 is 0 Å². The van der Waals surface area contributed by atoms with Gasteiger partial charge in [-0.05, 0) is 18.1 Å². The molecule has 1 heterocycles. The molecule has 0 radical (unpaired) electrons. The number of piperazine rings is 1. The molecule has 0 saturated carbocycles. The highest BCUT2D eigenvalue weighted by Crippen LogP contribution is 2.08. The van der Waals surface area contributed by atoms with Gasteiger partial charge in [0.05, 0.1) is 6.54 Å². The number of amides is 1. The second-order valence-electron chi connectivity index (χ2n) is 7.28. The first-order chi connectivity index (χ1) is 13.7. The van der Waals surface area contributed by atoms with E-state index in [1.54, 1.807) is 0 Å². The van der Waals surface area contributed by atoms with Gasteiger partial charge < -0.3 is 4.90 Å². The lowest BCUT2D eigenvalue weighted by Crippen LogP contribution is -2.49. The molecule has 0 bridgehead atoms. The third-order valence-electron chi connectivity index (χ3n) is 5.25. The van der Waals surface area contributed by atoms with E-state index in [9.17, 15) is 4.79 Å². The van der Waals surface area contributed by atoms with Gasteiger partial charge in [0.2, 0.25) is 5.91 Å². The summed E-state index contributed by atoms with van der Waals surface area (Å²) in [6, 6.07) is 20.6. The molecule has 148 valence electrons. The molecule has 0 N–H and O–H groups in total. The average Bonchev–Trinajstić information content (AvgIpc) is 2.74. The predicted molar refractivity (Wildman–Crippen MR) is 116 cm³/mol. The average molecular weight is 378 g/mol. The van der Waals surface area contributed by atoms with E-state index < -0.39 is 0 Å². The van der Waals surface area contributed by atoms with E-state index in [0.29, 0.717) is 13.1 Å². The van der Waals surface area contributed by atoms with Gasteiger partial charge in [0.15, 0.2) is 0 Å². The van der Waals surface area contributed by atoms with Crippen LogP contribution in [0.15, 0.2) is 66.7 Å². The van der Waals surface area contributed by atoms with E-state index in [1.807, 2.05) is 29.2 Å². The van der Waals surface area contributed by atoms with Crippen molar-refractivity contribution in [3.05, 3.63) is 77.9 Å². The Morgan fingerprint density at radius 3 is 2.18 bits per heavy atom. The summed E-state index contributed by atoms with van der Waals surface area (Å²) in [4.78, 5) is 19.4. The molecule has 1 amide bonds. The summed E-state index contributed by atoms with van der Waals surface area (Å²) >= 11 is 0. The second kappa shape index (κ2) is 10.8. The zero-order chi connectivity index (χ0) is 19.6. The predicted octanol–water partition coefficient (Wildman–Crippen LogP) is 3.37. The standard InChI is InChI=1S/C24H31N3O/c1-2-27(20-23-12-7-4-8-13-23)24(28)21-26-18-16-25(17-19-26)15-9-14-22-10-5-3-6-11-22/h3-14H,2,15-21H2,1H3/b14-9+. The first kappa shape index (κ1) is 20.3. The van der Waals surface area contributed by atoms with Crippen molar-refractivity contribution in [1.29, 1.82) is 0 Å². The monoisotopic (exact) mass is 377 g/mol. The number of likely N-dealkylation sites (N-methyl/N-ethyl adjacent to an activating group) is 1. The van der Waals surface area contributed by atoms with Gasteiger partial charge in [-0.25, -0.2) is 0 Å². The summed E-state index contributed by atoms with van der Waals surface area (Å²) in [7, 11) is 0. The van der Waals surface area contributed by atoms with E-state index in [0.717, 1.165) is 39.3 Å². The van der Waals surface area contributed by atoms with Crippen molar-refractivity contribution in [1.82, 2.24) is 14.7 Å². The number of carbonyl (C=O) groups is 1. The van der Waals surface area contributed by atoms with Crippen LogP contribution in [0.4, 0.5) is 0 Å². The minimum absolute atomic E-state index is 0.226. The van der Waals surface area contributed by atoms with Gasteiger partial charge in [-0.1, -0.05) is 72.8 Å². The van der Waals surface area contributed by atoms with Crippen LogP contribution in [0.5, 0.6) is 0 Å². The van der Waals surface area contributed by atoms with Crippen LogP contribution in [0.25, 0.3) is 6.08 Å². The fourth-order valence-electron chi connectivity index (χ4n) is 3.50. The highest BCUT2D eigenvalue weighted by molar-refractivity contribution is 5.78. The molecule has 4 nitrogen and oxygen atoms in total. The molecule has 2 aromatic rings. The highest BCUT2D eigenvalue weighted by atomic mass is 16.2. The number of nitrogens with zero attached hydrogens (tertiary/aromatic N) is 3. The largest absolute Gasteiger partial charge is 0.338 e. The van der Waals surface area contributed by atoms with Gasteiger partial charge in [-0.15, -0.1) is 0 Å². The SMILES string of the molecule is CCN(Cc1ccccc1)C(=O)CN1CCN(C/C=C/c2ccccc2)CC1. The van der Waals surface area contributed by atoms with Crippen molar-refractivity contribution in [2.75, 3.05) is 45.8 Å². The fraction of sp³-hybridized carbons (Fsp3) is 0.375. The van der Waals surface area contributed by atoms with Gasteiger partial charge in [0.1, 0.15) is 0 Å². The molecule has 1 fully saturated rings. The maximum atomic E-state index is 12.7. The molecule has 1 aliphatic heterocycles. The number of rotatable bonds is 8. The molecule has 0 atom stereocenters. The highest BCUT2D eigenvalue weighted by Gasteiger charge is 2.20. The third-order valence-corrected chi connectivity index (χ3v) is 5.25. The summed E-state index contributed by atoms with van der Waals surface area (Å²) < 4.78 is 0. The summed E-state index contributed by atoms with van der Waals surface area (Å²) in [5.41, 5.74) is 2.43. The minimum Gasteiger partial charge on any atom is -0.338 e. The normalized spacial score (nSPS) is 15.8. The van der Waals surface area contributed by atoms with Crippen LogP contribution in [-0.2, 0) is 11.3 Å². The molecule has 2 aromatic carbocycles. The quantitative estimate of drug-likeness (QED) is 0.706. The van der Waals surface area contributed by atoms with Crippen LogP contribution in [0.2, 0.25) is 0 Å². The molecule has 0 unspecified atom stereocenters. The molecular weight excluding hydrogens is 346 g/mol. The maximum Gasteiger partial charge on any atom is 0.237 e. The van der Waals surface area contributed by atoms with E-state index in [2.05, 4.69) is 65.3 Å². The lowest BCUT2D eigenvalue weighted by atomic mass is 10.2. The molecule has 1 aliphatic rings. The number of hydrogen-bond acceptors (Lipinski definition) is 3. The Hall–Kier alpha value is -2.43. The third kappa shape index (κ3) is 6.32. The van der Waals surface area contributed by atoms with Crippen LogP contribution >= 0.6 is 0 Å². The van der Waals surface area contributed by atoms with Crippen molar-refractivity contribution in [3.8, 4) is 0 Å². The van der Waals surface area contributed by atoms with Crippen LogP contribution in [0.1, 0.15) is 18.1 Å². The Morgan fingerprint density at radius 1 is 0.929 bits per heavy atom. The zero-order valence-electron chi connectivity index (χ0n) is 16.8.